The fraction of sp³-hybridized carbons (Fsp3) is 0.375. The number of nitrogens with one attached hydrogen (secondary N) is 3. The van der Waals surface area contributed by atoms with Gasteiger partial charge in [0.25, 0.3) is 11.8 Å². The molecule has 0 saturated carbocycles. The Hall–Kier alpha value is -3.35. The molecule has 1 saturated heterocycles. The van der Waals surface area contributed by atoms with Gasteiger partial charge in [-0.2, -0.15) is 0 Å². The van der Waals surface area contributed by atoms with Crippen molar-refractivity contribution >= 4 is 29.1 Å². The van der Waals surface area contributed by atoms with Gasteiger partial charge in [0.15, 0.2) is 0 Å². The molecule has 1 heterocycles. The number of hydrogen-bond acceptors (Lipinski definition) is 4. The SMILES string of the molecule is CCNC(=O)c1cccc(NC(=O)CNc2ccc(C(=O)N3CCCCCC3)cc2)c1. The maximum atomic E-state index is 12.7. The van der Waals surface area contributed by atoms with E-state index in [0.29, 0.717) is 23.4 Å². The Balaban J connectivity index is 1.51. The molecule has 3 rings (SSSR count). The number of carbonyl (C=O) groups excluding carboxylic acids is 3. The third kappa shape index (κ3) is 6.57. The van der Waals surface area contributed by atoms with Crippen molar-refractivity contribution in [1.82, 2.24) is 10.2 Å². The Kier molecular flexibility index (Phi) is 8.04. The van der Waals surface area contributed by atoms with Crippen LogP contribution in [0.2, 0.25) is 0 Å². The van der Waals surface area contributed by atoms with Gasteiger partial charge < -0.3 is 20.9 Å². The van der Waals surface area contributed by atoms with E-state index < -0.39 is 0 Å². The van der Waals surface area contributed by atoms with Crippen LogP contribution in [0.1, 0.15) is 53.3 Å². The van der Waals surface area contributed by atoms with E-state index in [0.717, 1.165) is 31.6 Å². The molecule has 1 aliphatic heterocycles. The number of rotatable bonds is 7. The number of nitrogens with zero attached hydrogens (tertiary/aromatic N) is 1. The molecule has 164 valence electrons. The van der Waals surface area contributed by atoms with Gasteiger partial charge in [-0.3, -0.25) is 14.4 Å². The Morgan fingerprint density at radius 1 is 0.871 bits per heavy atom. The third-order valence-corrected chi connectivity index (χ3v) is 5.22. The molecule has 0 aromatic heterocycles. The zero-order valence-corrected chi connectivity index (χ0v) is 17.9. The molecule has 7 nitrogen and oxygen atoms in total. The Labute approximate surface area is 183 Å². The van der Waals surface area contributed by atoms with Crippen LogP contribution in [0, 0.1) is 0 Å². The van der Waals surface area contributed by atoms with Gasteiger partial charge in [0.1, 0.15) is 0 Å². The second-order valence-electron chi connectivity index (χ2n) is 7.63. The molecule has 0 aliphatic carbocycles. The van der Waals surface area contributed by atoms with Crippen LogP contribution in [0.4, 0.5) is 11.4 Å². The van der Waals surface area contributed by atoms with Crippen molar-refractivity contribution in [2.45, 2.75) is 32.6 Å². The molecular weight excluding hydrogens is 392 g/mol. The molecule has 31 heavy (non-hydrogen) atoms. The highest BCUT2D eigenvalue weighted by Crippen LogP contribution is 2.16. The van der Waals surface area contributed by atoms with Gasteiger partial charge in [-0.05, 0) is 62.2 Å². The Bertz CT molecular complexity index is 903. The molecule has 1 aliphatic rings. The fourth-order valence-corrected chi connectivity index (χ4v) is 3.58. The fourth-order valence-electron chi connectivity index (χ4n) is 3.58. The quantitative estimate of drug-likeness (QED) is 0.637. The molecule has 0 bridgehead atoms. The Morgan fingerprint density at radius 2 is 1.58 bits per heavy atom. The topological polar surface area (TPSA) is 90.5 Å². The molecule has 3 N–H and O–H groups in total. The maximum absolute atomic E-state index is 12.7. The van der Waals surface area contributed by atoms with Crippen LogP contribution in [0.5, 0.6) is 0 Å². The molecule has 2 aromatic carbocycles. The molecule has 0 radical (unpaired) electrons. The number of hydrogen-bond donors (Lipinski definition) is 3. The summed E-state index contributed by atoms with van der Waals surface area (Å²) in [5.41, 5.74) is 2.49. The average molecular weight is 423 g/mol. The summed E-state index contributed by atoms with van der Waals surface area (Å²) >= 11 is 0. The summed E-state index contributed by atoms with van der Waals surface area (Å²) in [4.78, 5) is 38.8. The van der Waals surface area contributed by atoms with Crippen LogP contribution in [0.3, 0.4) is 0 Å². The third-order valence-electron chi connectivity index (χ3n) is 5.22. The standard InChI is InChI=1S/C24H30N4O3/c1-2-25-23(30)19-8-7-9-21(16-19)27-22(29)17-26-20-12-10-18(11-13-20)24(31)28-14-5-3-4-6-15-28/h7-13,16,26H,2-6,14-15,17H2,1H3,(H,25,30)(H,27,29). The highest BCUT2D eigenvalue weighted by Gasteiger charge is 2.17. The number of amides is 3. The lowest BCUT2D eigenvalue weighted by molar-refractivity contribution is -0.114. The first-order chi connectivity index (χ1) is 15.1. The first-order valence-corrected chi connectivity index (χ1v) is 10.9. The summed E-state index contributed by atoms with van der Waals surface area (Å²) < 4.78 is 0. The first kappa shape index (κ1) is 22.3. The van der Waals surface area contributed by atoms with Crippen molar-refractivity contribution in [2.75, 3.05) is 36.8 Å². The van der Waals surface area contributed by atoms with E-state index in [9.17, 15) is 14.4 Å². The van der Waals surface area contributed by atoms with Gasteiger partial charge in [0.2, 0.25) is 5.91 Å². The van der Waals surface area contributed by atoms with Crippen LogP contribution in [0.25, 0.3) is 0 Å². The minimum Gasteiger partial charge on any atom is -0.376 e. The summed E-state index contributed by atoms with van der Waals surface area (Å²) in [5, 5.41) is 8.58. The van der Waals surface area contributed by atoms with Gasteiger partial charge >= 0.3 is 0 Å². The summed E-state index contributed by atoms with van der Waals surface area (Å²) in [6.07, 6.45) is 4.50. The molecule has 1 fully saturated rings. The summed E-state index contributed by atoms with van der Waals surface area (Å²) in [6, 6.07) is 14.0. The van der Waals surface area contributed by atoms with Crippen molar-refractivity contribution in [3.05, 3.63) is 59.7 Å². The van der Waals surface area contributed by atoms with Crippen LogP contribution in [-0.2, 0) is 4.79 Å². The lowest BCUT2D eigenvalue weighted by Gasteiger charge is -2.20. The van der Waals surface area contributed by atoms with E-state index in [1.54, 1.807) is 36.4 Å². The lowest BCUT2D eigenvalue weighted by Crippen LogP contribution is -2.31. The Morgan fingerprint density at radius 3 is 2.26 bits per heavy atom. The maximum Gasteiger partial charge on any atom is 0.253 e. The zero-order valence-electron chi connectivity index (χ0n) is 17.9. The van der Waals surface area contributed by atoms with E-state index in [2.05, 4.69) is 16.0 Å². The van der Waals surface area contributed by atoms with Crippen LogP contribution >= 0.6 is 0 Å². The van der Waals surface area contributed by atoms with Gasteiger partial charge in [0.05, 0.1) is 6.54 Å². The average Bonchev–Trinajstić information content (AvgIpc) is 3.07. The van der Waals surface area contributed by atoms with Crippen molar-refractivity contribution in [3.8, 4) is 0 Å². The summed E-state index contributed by atoms with van der Waals surface area (Å²) in [7, 11) is 0. The minimum atomic E-state index is -0.224. The van der Waals surface area contributed by atoms with Crippen molar-refractivity contribution < 1.29 is 14.4 Å². The largest absolute Gasteiger partial charge is 0.376 e. The molecule has 0 spiro atoms. The lowest BCUT2D eigenvalue weighted by atomic mass is 10.1. The number of carbonyl (C=O) groups is 3. The van der Waals surface area contributed by atoms with E-state index >= 15 is 0 Å². The van der Waals surface area contributed by atoms with Gasteiger partial charge in [0, 0.05) is 42.1 Å². The molecular formula is C24H30N4O3. The van der Waals surface area contributed by atoms with Crippen molar-refractivity contribution in [1.29, 1.82) is 0 Å². The molecule has 7 heteroatoms. The van der Waals surface area contributed by atoms with Crippen LogP contribution in [0.15, 0.2) is 48.5 Å². The number of likely N-dealkylation sites (tertiary alicyclic amines) is 1. The highest BCUT2D eigenvalue weighted by atomic mass is 16.2. The molecule has 2 aromatic rings. The van der Waals surface area contributed by atoms with Gasteiger partial charge in [-0.25, -0.2) is 0 Å². The van der Waals surface area contributed by atoms with Gasteiger partial charge in [-0.15, -0.1) is 0 Å². The second-order valence-corrected chi connectivity index (χ2v) is 7.63. The number of benzene rings is 2. The predicted molar refractivity (Wildman–Crippen MR) is 122 cm³/mol. The summed E-state index contributed by atoms with van der Waals surface area (Å²) in [5.74, 6) is -0.331. The first-order valence-electron chi connectivity index (χ1n) is 10.9. The molecule has 0 atom stereocenters. The molecule has 0 unspecified atom stereocenters. The van der Waals surface area contributed by atoms with Gasteiger partial charge in [-0.1, -0.05) is 18.9 Å². The van der Waals surface area contributed by atoms with Crippen LogP contribution < -0.4 is 16.0 Å². The second kappa shape index (κ2) is 11.2. The van der Waals surface area contributed by atoms with E-state index in [-0.39, 0.29) is 24.3 Å². The smallest absolute Gasteiger partial charge is 0.253 e. The number of anilines is 2. The molecule has 3 amide bonds. The van der Waals surface area contributed by atoms with Crippen molar-refractivity contribution in [3.63, 3.8) is 0 Å². The minimum absolute atomic E-state index is 0.0678. The van der Waals surface area contributed by atoms with E-state index in [1.807, 2.05) is 24.0 Å². The van der Waals surface area contributed by atoms with Crippen molar-refractivity contribution in [2.24, 2.45) is 0 Å². The normalized spacial score (nSPS) is 13.8. The zero-order chi connectivity index (χ0) is 22.1. The van der Waals surface area contributed by atoms with Crippen LogP contribution in [-0.4, -0.2) is 48.8 Å². The van der Waals surface area contributed by atoms with E-state index in [4.69, 9.17) is 0 Å². The highest BCUT2D eigenvalue weighted by molar-refractivity contribution is 5.98. The monoisotopic (exact) mass is 422 g/mol. The summed E-state index contributed by atoms with van der Waals surface area (Å²) in [6.45, 7) is 4.11. The van der Waals surface area contributed by atoms with E-state index in [1.165, 1.54) is 12.8 Å². The predicted octanol–water partition coefficient (Wildman–Crippen LogP) is 3.50.